The maximum atomic E-state index is 12.6. The maximum Gasteiger partial charge on any atom is 0.260 e. The normalized spacial score (nSPS) is 11.5. The highest BCUT2D eigenvalue weighted by Gasteiger charge is 2.19. The number of aryl methyl sites for hydroxylation is 2. The molecule has 3 aromatic rings. The number of nitrogens with one attached hydrogen (secondary N) is 1. The lowest BCUT2D eigenvalue weighted by Gasteiger charge is -2.07. The molecule has 0 unspecified atom stereocenters. The third-order valence-corrected chi connectivity index (χ3v) is 5.39. The molecule has 0 aliphatic carbocycles. The van der Waals surface area contributed by atoms with Crippen LogP contribution in [0.4, 0.5) is 0 Å². The molecule has 0 amide bonds. The number of fused-ring (bicyclic) bond motifs is 1. The molecule has 3 nitrogen and oxygen atoms in total. The fraction of sp³-hybridized carbons (Fsp3) is 0.294. The van der Waals surface area contributed by atoms with Crippen LogP contribution in [0.1, 0.15) is 36.0 Å². The van der Waals surface area contributed by atoms with Crippen LogP contribution in [-0.4, -0.2) is 9.97 Å². The van der Waals surface area contributed by atoms with E-state index in [1.165, 1.54) is 5.56 Å². The molecule has 0 saturated heterocycles. The number of halogens is 1. The second-order valence-electron chi connectivity index (χ2n) is 5.80. The van der Waals surface area contributed by atoms with Crippen molar-refractivity contribution in [3.05, 3.63) is 49.3 Å². The smallest absolute Gasteiger partial charge is 0.260 e. The fourth-order valence-electron chi connectivity index (χ4n) is 2.56. The Morgan fingerprint density at radius 2 is 2.00 bits per heavy atom. The molecule has 2 heterocycles. The van der Waals surface area contributed by atoms with Gasteiger partial charge in [0.15, 0.2) is 0 Å². The van der Waals surface area contributed by atoms with Crippen LogP contribution in [0.3, 0.4) is 0 Å². The van der Waals surface area contributed by atoms with Crippen molar-refractivity contribution in [2.75, 3.05) is 0 Å². The fourth-order valence-corrected chi connectivity index (χ4v) is 4.05. The van der Waals surface area contributed by atoms with Crippen LogP contribution >= 0.6 is 27.3 Å². The van der Waals surface area contributed by atoms with Crippen LogP contribution in [0, 0.1) is 13.8 Å². The lowest BCUT2D eigenvalue weighted by molar-refractivity contribution is 0.778. The Balaban J connectivity index is 2.38. The molecular formula is C17H17BrN2OS. The van der Waals surface area contributed by atoms with E-state index in [0.29, 0.717) is 5.39 Å². The molecule has 114 valence electrons. The van der Waals surface area contributed by atoms with Gasteiger partial charge in [-0.25, -0.2) is 4.98 Å². The molecule has 0 atom stereocenters. The molecule has 0 bridgehead atoms. The first-order valence-electron chi connectivity index (χ1n) is 7.18. The molecule has 0 fully saturated rings. The van der Waals surface area contributed by atoms with Gasteiger partial charge in [0.25, 0.3) is 5.56 Å². The lowest BCUT2D eigenvalue weighted by Crippen LogP contribution is -2.12. The van der Waals surface area contributed by atoms with Gasteiger partial charge in [-0.15, -0.1) is 11.3 Å². The van der Waals surface area contributed by atoms with E-state index in [2.05, 4.69) is 45.0 Å². The van der Waals surface area contributed by atoms with Gasteiger partial charge in [0.2, 0.25) is 0 Å². The number of H-pyrrole nitrogens is 1. The lowest BCUT2D eigenvalue weighted by atomic mass is 10.0. The number of rotatable bonds is 2. The Morgan fingerprint density at radius 3 is 2.68 bits per heavy atom. The summed E-state index contributed by atoms with van der Waals surface area (Å²) in [5, 5.41) is 0.693. The van der Waals surface area contributed by atoms with Crippen molar-refractivity contribution in [2.45, 2.75) is 33.6 Å². The maximum absolute atomic E-state index is 12.6. The van der Waals surface area contributed by atoms with Gasteiger partial charge in [-0.1, -0.05) is 47.5 Å². The van der Waals surface area contributed by atoms with Crippen LogP contribution < -0.4 is 5.56 Å². The summed E-state index contributed by atoms with van der Waals surface area (Å²) < 4.78 is 0.994. The number of nitrogens with zero attached hydrogens (tertiary/aromatic N) is 1. The summed E-state index contributed by atoms with van der Waals surface area (Å²) in [4.78, 5) is 22.1. The Bertz CT molecular complexity index is 924. The molecule has 5 heteroatoms. The molecule has 0 spiro atoms. The predicted octanol–water partition coefficient (Wildman–Crippen LogP) is 5.15. The van der Waals surface area contributed by atoms with Crippen molar-refractivity contribution in [1.82, 2.24) is 9.97 Å². The SMILES string of the molecule is Cc1ccc(Br)c(-c2c(C)sc3nc(C(C)C)[nH]c(=O)c23)c1. The largest absolute Gasteiger partial charge is 0.310 e. The van der Waals surface area contributed by atoms with Crippen LogP contribution in [0.15, 0.2) is 27.5 Å². The van der Waals surface area contributed by atoms with Gasteiger partial charge in [-0.05, 0) is 25.5 Å². The molecule has 1 aromatic carbocycles. The molecular weight excluding hydrogens is 360 g/mol. The minimum Gasteiger partial charge on any atom is -0.310 e. The van der Waals surface area contributed by atoms with E-state index in [4.69, 9.17) is 0 Å². The van der Waals surface area contributed by atoms with Crippen LogP contribution in [-0.2, 0) is 0 Å². The molecule has 1 N–H and O–H groups in total. The summed E-state index contributed by atoms with van der Waals surface area (Å²) in [5.74, 6) is 0.947. The second kappa shape index (κ2) is 5.63. The molecule has 0 aliphatic heterocycles. The van der Waals surface area contributed by atoms with E-state index in [1.54, 1.807) is 11.3 Å². The van der Waals surface area contributed by atoms with Crippen LogP contribution in [0.2, 0.25) is 0 Å². The predicted molar refractivity (Wildman–Crippen MR) is 96.9 cm³/mol. The summed E-state index contributed by atoms with van der Waals surface area (Å²) in [6.07, 6.45) is 0. The Morgan fingerprint density at radius 1 is 1.27 bits per heavy atom. The summed E-state index contributed by atoms with van der Waals surface area (Å²) in [6.45, 7) is 8.16. The standard InChI is InChI=1S/C17H17BrN2OS/c1-8(2)15-19-16(21)14-13(10(4)22-17(14)20-15)11-7-9(3)5-6-12(11)18/h5-8H,1-4H3,(H,19,20,21). The van der Waals surface area contributed by atoms with Gasteiger partial charge in [-0.2, -0.15) is 0 Å². The third-order valence-electron chi connectivity index (χ3n) is 3.69. The van der Waals surface area contributed by atoms with E-state index in [-0.39, 0.29) is 11.5 Å². The Kier molecular flexibility index (Phi) is 3.95. The highest BCUT2D eigenvalue weighted by molar-refractivity contribution is 9.10. The Hall–Kier alpha value is -1.46. The van der Waals surface area contributed by atoms with Crippen molar-refractivity contribution in [1.29, 1.82) is 0 Å². The molecule has 2 aromatic heterocycles. The quantitative estimate of drug-likeness (QED) is 0.671. The highest BCUT2D eigenvalue weighted by Crippen LogP contribution is 2.39. The first-order valence-corrected chi connectivity index (χ1v) is 8.79. The van der Waals surface area contributed by atoms with Crippen molar-refractivity contribution in [2.24, 2.45) is 0 Å². The topological polar surface area (TPSA) is 45.8 Å². The van der Waals surface area contributed by atoms with Crippen molar-refractivity contribution in [3.63, 3.8) is 0 Å². The van der Waals surface area contributed by atoms with E-state index in [0.717, 1.165) is 31.1 Å². The summed E-state index contributed by atoms with van der Waals surface area (Å²) in [7, 11) is 0. The van der Waals surface area contributed by atoms with Gasteiger partial charge in [0.05, 0.1) is 5.39 Å². The van der Waals surface area contributed by atoms with Gasteiger partial charge < -0.3 is 4.98 Å². The minimum absolute atomic E-state index is 0.0542. The number of aromatic nitrogens is 2. The van der Waals surface area contributed by atoms with E-state index in [9.17, 15) is 4.79 Å². The van der Waals surface area contributed by atoms with Crippen molar-refractivity contribution >= 4 is 37.5 Å². The van der Waals surface area contributed by atoms with Gasteiger partial charge in [-0.3, -0.25) is 4.79 Å². The van der Waals surface area contributed by atoms with Crippen LogP contribution in [0.5, 0.6) is 0 Å². The van der Waals surface area contributed by atoms with E-state index < -0.39 is 0 Å². The molecule has 3 rings (SSSR count). The van der Waals surface area contributed by atoms with Gasteiger partial charge >= 0.3 is 0 Å². The average Bonchev–Trinajstić information content (AvgIpc) is 2.78. The molecule has 0 aliphatic rings. The summed E-state index contributed by atoms with van der Waals surface area (Å²) in [5.41, 5.74) is 3.15. The van der Waals surface area contributed by atoms with E-state index >= 15 is 0 Å². The number of benzene rings is 1. The zero-order valence-corrected chi connectivity index (χ0v) is 15.4. The summed E-state index contributed by atoms with van der Waals surface area (Å²) in [6, 6.07) is 6.18. The zero-order chi connectivity index (χ0) is 16.0. The zero-order valence-electron chi connectivity index (χ0n) is 13.0. The highest BCUT2D eigenvalue weighted by atomic mass is 79.9. The van der Waals surface area contributed by atoms with Gasteiger partial charge in [0.1, 0.15) is 10.7 Å². The monoisotopic (exact) mass is 376 g/mol. The number of aromatic amines is 1. The van der Waals surface area contributed by atoms with Gasteiger partial charge in [0, 0.05) is 20.8 Å². The molecule has 0 saturated carbocycles. The van der Waals surface area contributed by atoms with Crippen molar-refractivity contribution < 1.29 is 0 Å². The number of hydrogen-bond acceptors (Lipinski definition) is 3. The van der Waals surface area contributed by atoms with E-state index in [1.807, 2.05) is 26.8 Å². The third kappa shape index (κ3) is 2.52. The number of hydrogen-bond donors (Lipinski definition) is 1. The first-order chi connectivity index (χ1) is 10.4. The Labute approximate surface area is 141 Å². The summed E-state index contributed by atoms with van der Waals surface area (Å²) >= 11 is 5.19. The molecule has 22 heavy (non-hydrogen) atoms. The number of thiophene rings is 1. The first kappa shape index (κ1) is 15.4. The van der Waals surface area contributed by atoms with Crippen LogP contribution in [0.25, 0.3) is 21.3 Å². The average molecular weight is 377 g/mol. The second-order valence-corrected chi connectivity index (χ2v) is 7.86. The minimum atomic E-state index is -0.0542. The molecule has 0 radical (unpaired) electrons. The van der Waals surface area contributed by atoms with Crippen molar-refractivity contribution in [3.8, 4) is 11.1 Å².